The number of isocyanates is 1. The van der Waals surface area contributed by atoms with Crippen molar-refractivity contribution in [2.45, 2.75) is 0 Å². The van der Waals surface area contributed by atoms with E-state index in [0.717, 1.165) is 0 Å². The monoisotopic (exact) mass is 153 g/mol. The van der Waals surface area contributed by atoms with Gasteiger partial charge in [0.1, 0.15) is 0 Å². The van der Waals surface area contributed by atoms with E-state index < -0.39 is 0 Å². The van der Waals surface area contributed by atoms with E-state index in [-0.39, 0.29) is 76.2 Å². The molecule has 32 valence electrons. The van der Waals surface area contributed by atoms with Crippen LogP contribution in [0.1, 0.15) is 0 Å². The fourth-order valence-corrected chi connectivity index (χ4v) is 0. The van der Waals surface area contributed by atoms with Crippen LogP contribution >= 0.6 is 24.8 Å². The molecule has 2 nitrogen and oxygen atoms in total. The molecule has 0 aliphatic rings. The second kappa shape index (κ2) is 30.6. The van der Waals surface area contributed by atoms with Crippen molar-refractivity contribution in [3.05, 3.63) is 5.41 Å². The maximum absolute atomic E-state index is 8.24. The predicted molar refractivity (Wildman–Crippen MR) is 23.5 cm³/mol. The van der Waals surface area contributed by atoms with E-state index in [1.807, 2.05) is 0 Å². The van der Waals surface area contributed by atoms with Gasteiger partial charge < -0.3 is 5.41 Å². The zero-order valence-electron chi connectivity index (χ0n) is 3.17. The number of carbonyl (C=O) groups excluding carboxylic acids is 1. The van der Waals surface area contributed by atoms with Gasteiger partial charge in [0.2, 0.25) is 0 Å². The van der Waals surface area contributed by atoms with Crippen molar-refractivity contribution in [1.82, 2.24) is 0 Å². The van der Waals surface area contributed by atoms with E-state index in [2.05, 4.69) is 0 Å². The average molecular weight is 154 g/mol. The summed E-state index contributed by atoms with van der Waals surface area (Å²) in [5.74, 6) is 0. The summed E-state index contributed by atoms with van der Waals surface area (Å²) in [6, 6.07) is 0. The molecule has 0 saturated carbocycles. The molecule has 0 rings (SSSR count). The molecule has 0 saturated heterocycles. The SMILES string of the molecule is Cl.Cl.[K+].[N-]=C=O. The molecule has 0 spiro atoms. The summed E-state index contributed by atoms with van der Waals surface area (Å²) in [5, 5.41) is 6.76. The van der Waals surface area contributed by atoms with Gasteiger partial charge in [-0.3, -0.25) is 4.79 Å². The van der Waals surface area contributed by atoms with Gasteiger partial charge in [-0.05, 0) is 6.08 Å². The zero-order chi connectivity index (χ0) is 2.71. The molecule has 0 aromatic rings. The molecule has 0 aromatic carbocycles. The number of hydrogen-bond acceptors (Lipinski definition) is 1. The van der Waals surface area contributed by atoms with Crippen molar-refractivity contribution < 1.29 is 56.2 Å². The first kappa shape index (κ1) is 25.6. The van der Waals surface area contributed by atoms with Crippen molar-refractivity contribution in [2.24, 2.45) is 0 Å². The third-order valence-electron chi connectivity index (χ3n) is 0. The summed E-state index contributed by atoms with van der Waals surface area (Å²) >= 11 is 0. The van der Waals surface area contributed by atoms with Crippen molar-refractivity contribution in [3.63, 3.8) is 0 Å². The Morgan fingerprint density at radius 3 is 1.33 bits per heavy atom. The molecule has 5 heteroatoms. The van der Waals surface area contributed by atoms with E-state index in [4.69, 9.17) is 10.2 Å². The Kier molecular flexibility index (Phi) is 131. The van der Waals surface area contributed by atoms with Crippen molar-refractivity contribution in [3.8, 4) is 0 Å². The number of rotatable bonds is 0. The molecule has 0 N–H and O–H groups in total. The first-order valence-corrected chi connectivity index (χ1v) is 0.428. The Morgan fingerprint density at radius 1 is 1.33 bits per heavy atom. The van der Waals surface area contributed by atoms with Gasteiger partial charge in [-0.15, -0.1) is 24.8 Å². The van der Waals surface area contributed by atoms with Crippen molar-refractivity contribution >= 4 is 30.9 Å². The summed E-state index contributed by atoms with van der Waals surface area (Å²) in [5.41, 5.74) is 0. The fraction of sp³-hybridized carbons (Fsp3) is 0. The summed E-state index contributed by atoms with van der Waals surface area (Å²) in [6.45, 7) is 0. The van der Waals surface area contributed by atoms with Gasteiger partial charge in [0.05, 0.1) is 0 Å². The van der Waals surface area contributed by atoms with Crippen molar-refractivity contribution in [2.75, 3.05) is 0 Å². The quantitative estimate of drug-likeness (QED) is 0.220. The molecule has 0 radical (unpaired) electrons. The first-order valence-electron chi connectivity index (χ1n) is 0.428. The van der Waals surface area contributed by atoms with Crippen LogP contribution in [0.4, 0.5) is 0 Å². The largest absolute Gasteiger partial charge is 1.00 e. The minimum absolute atomic E-state index is 0. The Bertz CT molecular complexity index is 34.5. The molecular formula is CH2Cl2KNO. The molecule has 0 fully saturated rings. The van der Waals surface area contributed by atoms with E-state index in [9.17, 15) is 0 Å². The summed E-state index contributed by atoms with van der Waals surface area (Å²) < 4.78 is 0. The van der Waals surface area contributed by atoms with Gasteiger partial charge in [-0.25, -0.2) is 0 Å². The van der Waals surface area contributed by atoms with Crippen LogP contribution in [0.5, 0.6) is 0 Å². The Hall–Kier alpha value is 1.60. The van der Waals surface area contributed by atoms with Crippen LogP contribution in [0.2, 0.25) is 0 Å². The summed E-state index contributed by atoms with van der Waals surface area (Å²) in [4.78, 5) is 8.24. The topological polar surface area (TPSA) is 39.4 Å². The second-order valence-corrected chi connectivity index (χ2v) is 0.0913. The van der Waals surface area contributed by atoms with Crippen LogP contribution in [0.25, 0.3) is 5.41 Å². The van der Waals surface area contributed by atoms with Crippen LogP contribution in [-0.4, -0.2) is 6.08 Å². The molecule has 0 heterocycles. The molecule has 0 aliphatic carbocycles. The summed E-state index contributed by atoms with van der Waals surface area (Å²) in [7, 11) is 0. The maximum atomic E-state index is 8.24. The van der Waals surface area contributed by atoms with Crippen LogP contribution < -0.4 is 51.4 Å². The number of nitrogens with zero attached hydrogens (tertiary/aromatic N) is 1. The number of hydrogen-bond donors (Lipinski definition) is 0. The number of halogens is 2. The molecule has 6 heavy (non-hydrogen) atoms. The van der Waals surface area contributed by atoms with Gasteiger partial charge >= 0.3 is 51.4 Å². The Balaban J connectivity index is -0.00000000667. The maximum Gasteiger partial charge on any atom is 1.00 e. The molecule has 0 atom stereocenters. The molecule has 0 unspecified atom stereocenters. The van der Waals surface area contributed by atoms with E-state index in [0.29, 0.717) is 6.08 Å². The van der Waals surface area contributed by atoms with E-state index in [1.165, 1.54) is 0 Å². The molecule has 0 bridgehead atoms. The third kappa shape index (κ3) is 46.4. The summed E-state index contributed by atoms with van der Waals surface area (Å²) in [6.07, 6.45) is 0.500. The van der Waals surface area contributed by atoms with E-state index >= 15 is 0 Å². The molecule has 0 aromatic heterocycles. The minimum Gasteiger partial charge on any atom is -0.724 e. The van der Waals surface area contributed by atoms with Crippen LogP contribution in [0, 0.1) is 0 Å². The van der Waals surface area contributed by atoms with Gasteiger partial charge in [0.25, 0.3) is 0 Å². The molecular weight excluding hydrogens is 152 g/mol. The Morgan fingerprint density at radius 2 is 1.33 bits per heavy atom. The minimum atomic E-state index is 0. The zero-order valence-corrected chi connectivity index (χ0v) is 7.93. The third-order valence-corrected chi connectivity index (χ3v) is 0. The van der Waals surface area contributed by atoms with Crippen molar-refractivity contribution in [1.29, 1.82) is 0 Å². The van der Waals surface area contributed by atoms with Gasteiger partial charge in [0, 0.05) is 0 Å². The molecule has 0 amide bonds. The predicted octanol–water partition coefficient (Wildman–Crippen LogP) is -2.26. The van der Waals surface area contributed by atoms with Gasteiger partial charge in [0.15, 0.2) is 0 Å². The second-order valence-electron chi connectivity index (χ2n) is 0.0913. The average Bonchev–Trinajstić information content (AvgIpc) is 0.918. The first-order chi connectivity index (χ1) is 1.41. The fourth-order valence-electron chi connectivity index (χ4n) is 0. The van der Waals surface area contributed by atoms with Crippen LogP contribution in [-0.2, 0) is 4.79 Å². The van der Waals surface area contributed by atoms with Gasteiger partial charge in [-0.1, -0.05) is 0 Å². The molecule has 0 aliphatic heterocycles. The smallest absolute Gasteiger partial charge is 0.724 e. The Labute approximate surface area is 90.8 Å². The van der Waals surface area contributed by atoms with Crippen LogP contribution in [0.15, 0.2) is 0 Å². The standard InChI is InChI=1S/CNO.2ClH.K/c2-1-3;;;/h;2*1H;/q-1;;;+1. The van der Waals surface area contributed by atoms with Gasteiger partial charge in [-0.2, -0.15) is 0 Å². The normalized spacial score (nSPS) is 1.33. The van der Waals surface area contributed by atoms with Crippen LogP contribution in [0.3, 0.4) is 0 Å². The van der Waals surface area contributed by atoms with E-state index in [1.54, 1.807) is 0 Å².